The number of nitrogens with one attached hydrogen (secondary N) is 1. The number of hydrogen-bond acceptors (Lipinski definition) is 2. The van der Waals surface area contributed by atoms with Crippen LogP contribution in [0.5, 0.6) is 0 Å². The van der Waals surface area contributed by atoms with Crippen LogP contribution in [-0.4, -0.2) is 25.7 Å². The second kappa shape index (κ2) is 5.71. The Morgan fingerprint density at radius 2 is 2.25 bits per heavy atom. The molecule has 1 saturated heterocycles. The van der Waals surface area contributed by atoms with Crippen molar-refractivity contribution in [2.45, 2.75) is 13.0 Å². The lowest BCUT2D eigenvalue weighted by Gasteiger charge is -2.35. The minimum Gasteiger partial charge on any atom is -0.366 e. The number of rotatable bonds is 1. The monoisotopic (exact) mass is 264 g/mol. The Kier molecular flexibility index (Phi) is 4.84. The van der Waals surface area contributed by atoms with Gasteiger partial charge in [-0.05, 0) is 25.1 Å². The van der Waals surface area contributed by atoms with E-state index in [-0.39, 0.29) is 23.2 Å². The van der Waals surface area contributed by atoms with Gasteiger partial charge in [0.2, 0.25) is 0 Å². The van der Waals surface area contributed by atoms with E-state index in [2.05, 4.69) is 17.1 Å². The summed E-state index contributed by atoms with van der Waals surface area (Å²) in [6.45, 7) is 4.90. The van der Waals surface area contributed by atoms with Gasteiger partial charge >= 0.3 is 0 Å². The van der Waals surface area contributed by atoms with Crippen molar-refractivity contribution < 1.29 is 4.39 Å². The van der Waals surface area contributed by atoms with Crippen molar-refractivity contribution in [3.8, 4) is 0 Å². The lowest BCUT2D eigenvalue weighted by molar-refractivity contribution is 0.499. The molecule has 0 unspecified atom stereocenters. The zero-order valence-corrected chi connectivity index (χ0v) is 10.6. The van der Waals surface area contributed by atoms with Crippen molar-refractivity contribution in [1.29, 1.82) is 0 Å². The summed E-state index contributed by atoms with van der Waals surface area (Å²) in [5.41, 5.74) is 0.908. The van der Waals surface area contributed by atoms with Gasteiger partial charge < -0.3 is 10.2 Å². The van der Waals surface area contributed by atoms with Crippen LogP contribution in [0.4, 0.5) is 10.1 Å². The van der Waals surface area contributed by atoms with Gasteiger partial charge in [0, 0.05) is 31.4 Å². The van der Waals surface area contributed by atoms with Crippen LogP contribution in [0.1, 0.15) is 6.92 Å². The molecular formula is C11H15Cl2FN2. The zero-order valence-electron chi connectivity index (χ0n) is 9.04. The summed E-state index contributed by atoms with van der Waals surface area (Å²) in [7, 11) is 0. The molecule has 0 radical (unpaired) electrons. The fraction of sp³-hybridized carbons (Fsp3) is 0.455. The largest absolute Gasteiger partial charge is 0.366 e. The Morgan fingerprint density at radius 3 is 2.88 bits per heavy atom. The molecule has 16 heavy (non-hydrogen) atoms. The maximum atomic E-state index is 13.3. The van der Waals surface area contributed by atoms with Crippen LogP contribution >= 0.6 is 24.0 Å². The summed E-state index contributed by atoms with van der Waals surface area (Å²) in [5.74, 6) is -0.347. The molecule has 1 fully saturated rings. The quantitative estimate of drug-likeness (QED) is 0.839. The Bertz CT molecular complexity index is 360. The lowest BCUT2D eigenvalue weighted by Crippen LogP contribution is -2.49. The average molecular weight is 265 g/mol. The first kappa shape index (κ1) is 13.6. The summed E-state index contributed by atoms with van der Waals surface area (Å²) >= 11 is 5.65. The SMILES string of the molecule is C[C@@H]1CNCCN1c1ccc(Cl)c(F)c1.Cl. The van der Waals surface area contributed by atoms with Crippen LogP contribution in [0, 0.1) is 5.82 Å². The standard InChI is InChI=1S/C11H14ClFN2.ClH/c1-8-7-14-4-5-15(8)9-2-3-10(12)11(13)6-9;/h2-3,6,8,14H,4-5,7H2,1H3;1H/t8-;/m1./s1. The highest BCUT2D eigenvalue weighted by molar-refractivity contribution is 6.30. The van der Waals surface area contributed by atoms with Gasteiger partial charge in [0.25, 0.3) is 0 Å². The van der Waals surface area contributed by atoms with Crippen LogP contribution < -0.4 is 10.2 Å². The van der Waals surface area contributed by atoms with Crippen molar-refractivity contribution in [3.63, 3.8) is 0 Å². The third kappa shape index (κ3) is 2.78. The molecule has 0 bridgehead atoms. The third-order valence-electron chi connectivity index (χ3n) is 2.74. The molecule has 0 aliphatic carbocycles. The number of anilines is 1. The number of nitrogens with zero attached hydrogens (tertiary/aromatic N) is 1. The molecule has 1 N–H and O–H groups in total. The van der Waals surface area contributed by atoms with Crippen molar-refractivity contribution in [2.24, 2.45) is 0 Å². The first-order valence-electron chi connectivity index (χ1n) is 5.11. The Hall–Kier alpha value is -0.510. The molecule has 0 spiro atoms. The van der Waals surface area contributed by atoms with Crippen molar-refractivity contribution >= 4 is 29.7 Å². The molecule has 1 aromatic carbocycles. The molecule has 0 amide bonds. The van der Waals surface area contributed by atoms with E-state index in [4.69, 9.17) is 11.6 Å². The number of hydrogen-bond donors (Lipinski definition) is 1. The maximum Gasteiger partial charge on any atom is 0.143 e. The summed E-state index contributed by atoms with van der Waals surface area (Å²) in [5, 5.41) is 3.48. The van der Waals surface area contributed by atoms with Gasteiger partial charge in [0.05, 0.1) is 5.02 Å². The van der Waals surface area contributed by atoms with Crippen LogP contribution in [-0.2, 0) is 0 Å². The Balaban J connectivity index is 0.00000128. The molecule has 0 saturated carbocycles. The van der Waals surface area contributed by atoms with E-state index >= 15 is 0 Å². The van der Waals surface area contributed by atoms with Crippen LogP contribution in [0.2, 0.25) is 5.02 Å². The van der Waals surface area contributed by atoms with Gasteiger partial charge in [0.15, 0.2) is 0 Å². The van der Waals surface area contributed by atoms with Gasteiger partial charge in [-0.1, -0.05) is 11.6 Å². The molecule has 0 aromatic heterocycles. The molecule has 2 rings (SSSR count). The maximum absolute atomic E-state index is 13.3. The summed E-state index contributed by atoms with van der Waals surface area (Å²) in [6, 6.07) is 5.37. The highest BCUT2D eigenvalue weighted by atomic mass is 35.5. The molecule has 1 aromatic rings. The fourth-order valence-corrected chi connectivity index (χ4v) is 2.01. The van der Waals surface area contributed by atoms with Gasteiger partial charge in [-0.15, -0.1) is 12.4 Å². The van der Waals surface area contributed by atoms with E-state index in [1.54, 1.807) is 6.07 Å². The molecule has 90 valence electrons. The minimum absolute atomic E-state index is 0. The summed E-state index contributed by atoms with van der Waals surface area (Å²) < 4.78 is 13.3. The minimum atomic E-state index is -0.347. The third-order valence-corrected chi connectivity index (χ3v) is 3.04. The molecule has 1 aliphatic heterocycles. The summed E-state index contributed by atoms with van der Waals surface area (Å²) in [4.78, 5) is 2.19. The zero-order chi connectivity index (χ0) is 10.8. The van der Waals surface area contributed by atoms with Crippen LogP contribution in [0.15, 0.2) is 18.2 Å². The molecule has 1 atom stereocenters. The molecule has 2 nitrogen and oxygen atoms in total. The highest BCUT2D eigenvalue weighted by Crippen LogP contribution is 2.23. The molecule has 1 aliphatic rings. The highest BCUT2D eigenvalue weighted by Gasteiger charge is 2.18. The van der Waals surface area contributed by atoms with E-state index in [0.717, 1.165) is 25.3 Å². The van der Waals surface area contributed by atoms with Crippen LogP contribution in [0.3, 0.4) is 0 Å². The Morgan fingerprint density at radius 1 is 1.50 bits per heavy atom. The fourth-order valence-electron chi connectivity index (χ4n) is 1.89. The lowest BCUT2D eigenvalue weighted by atomic mass is 10.2. The van der Waals surface area contributed by atoms with Crippen molar-refractivity contribution in [2.75, 3.05) is 24.5 Å². The van der Waals surface area contributed by atoms with E-state index in [1.807, 2.05) is 6.07 Å². The average Bonchev–Trinajstić information content (AvgIpc) is 2.23. The number of piperazine rings is 1. The predicted octanol–water partition coefficient (Wildman–Crippen LogP) is 2.70. The van der Waals surface area contributed by atoms with Gasteiger partial charge in [-0.25, -0.2) is 4.39 Å². The predicted molar refractivity (Wildman–Crippen MR) is 68.3 cm³/mol. The van der Waals surface area contributed by atoms with E-state index in [0.29, 0.717) is 6.04 Å². The van der Waals surface area contributed by atoms with Gasteiger partial charge in [-0.2, -0.15) is 0 Å². The van der Waals surface area contributed by atoms with E-state index in [9.17, 15) is 4.39 Å². The topological polar surface area (TPSA) is 15.3 Å². The molecular weight excluding hydrogens is 250 g/mol. The first-order chi connectivity index (χ1) is 7.18. The normalized spacial score (nSPS) is 20.4. The second-order valence-electron chi connectivity index (χ2n) is 3.84. The smallest absolute Gasteiger partial charge is 0.143 e. The van der Waals surface area contributed by atoms with Gasteiger partial charge in [0.1, 0.15) is 5.82 Å². The second-order valence-corrected chi connectivity index (χ2v) is 4.25. The van der Waals surface area contributed by atoms with Crippen molar-refractivity contribution in [3.05, 3.63) is 29.0 Å². The van der Waals surface area contributed by atoms with Crippen LogP contribution in [0.25, 0.3) is 0 Å². The Labute approximate surface area is 106 Å². The number of benzene rings is 1. The molecule has 5 heteroatoms. The summed E-state index contributed by atoms with van der Waals surface area (Å²) in [6.07, 6.45) is 0. The number of halogens is 3. The van der Waals surface area contributed by atoms with E-state index in [1.165, 1.54) is 6.07 Å². The van der Waals surface area contributed by atoms with Crippen molar-refractivity contribution in [1.82, 2.24) is 5.32 Å². The van der Waals surface area contributed by atoms with E-state index < -0.39 is 0 Å². The first-order valence-corrected chi connectivity index (χ1v) is 5.48. The molecule has 1 heterocycles. The van der Waals surface area contributed by atoms with Gasteiger partial charge in [-0.3, -0.25) is 0 Å².